The molecule has 1 heterocycles. The molecule has 1 aliphatic rings. The minimum absolute atomic E-state index is 0.699. The molecule has 1 aliphatic carbocycles. The predicted molar refractivity (Wildman–Crippen MR) is 242 cm³/mol. The fourth-order valence-electron chi connectivity index (χ4n) is 8.64. The molecule has 0 bridgehead atoms. The van der Waals surface area contributed by atoms with E-state index in [1.54, 1.807) is 0 Å². The maximum Gasteiger partial charge on any atom is 0.160 e. The third-order valence-corrected chi connectivity index (χ3v) is 11.5. The number of aromatic nitrogens is 2. The van der Waals surface area contributed by atoms with Crippen molar-refractivity contribution in [2.24, 2.45) is 0 Å². The average molecular weight is 737 g/mol. The summed E-state index contributed by atoms with van der Waals surface area (Å²) in [5, 5.41) is 2.65. The van der Waals surface area contributed by atoms with Crippen LogP contribution in [-0.2, 0) is 0 Å². The van der Waals surface area contributed by atoms with Gasteiger partial charge in [-0.1, -0.05) is 206 Å². The number of benzene rings is 9. The molecule has 10 aromatic rings. The van der Waals surface area contributed by atoms with Crippen molar-refractivity contribution in [2.75, 3.05) is 0 Å². The van der Waals surface area contributed by atoms with Crippen molar-refractivity contribution in [3.63, 3.8) is 0 Å². The molecule has 9 aromatic carbocycles. The van der Waals surface area contributed by atoms with Crippen LogP contribution in [0.15, 0.2) is 218 Å². The van der Waals surface area contributed by atoms with Gasteiger partial charge in [-0.3, -0.25) is 0 Å². The maximum absolute atomic E-state index is 5.25. The molecule has 0 N–H and O–H groups in total. The van der Waals surface area contributed by atoms with Crippen LogP contribution in [0.4, 0.5) is 0 Å². The highest BCUT2D eigenvalue weighted by Crippen LogP contribution is 2.49. The number of hydrogen-bond donors (Lipinski definition) is 0. The smallest absolute Gasteiger partial charge is 0.160 e. The van der Waals surface area contributed by atoms with E-state index >= 15 is 0 Å². The number of hydrogen-bond acceptors (Lipinski definition) is 2. The van der Waals surface area contributed by atoms with Gasteiger partial charge >= 0.3 is 0 Å². The van der Waals surface area contributed by atoms with Crippen LogP contribution in [0.25, 0.3) is 111 Å². The Kier molecular flexibility index (Phi) is 8.19. The second-order valence-corrected chi connectivity index (χ2v) is 14.9. The highest BCUT2D eigenvalue weighted by Gasteiger charge is 2.22. The van der Waals surface area contributed by atoms with Crippen LogP contribution in [0, 0.1) is 0 Å². The van der Waals surface area contributed by atoms with Crippen LogP contribution in [0.1, 0.15) is 0 Å². The van der Waals surface area contributed by atoms with Crippen molar-refractivity contribution in [1.29, 1.82) is 0 Å². The molecule has 2 heteroatoms. The minimum Gasteiger partial charge on any atom is -0.228 e. The zero-order valence-electron chi connectivity index (χ0n) is 31.7. The van der Waals surface area contributed by atoms with Gasteiger partial charge in [-0.05, 0) is 89.7 Å². The summed E-state index contributed by atoms with van der Waals surface area (Å²) in [5.41, 5.74) is 19.6. The van der Waals surface area contributed by atoms with Gasteiger partial charge in [0.2, 0.25) is 0 Å². The number of fused-ring (bicyclic) bond motifs is 3. The average Bonchev–Trinajstić information content (AvgIpc) is 3.64. The number of rotatable bonds is 7. The third-order valence-electron chi connectivity index (χ3n) is 11.5. The lowest BCUT2D eigenvalue weighted by atomic mass is 9.92. The van der Waals surface area contributed by atoms with Crippen molar-refractivity contribution in [1.82, 2.24) is 9.97 Å². The Labute approximate surface area is 338 Å². The molecule has 270 valence electrons. The lowest BCUT2D eigenvalue weighted by molar-refractivity contribution is 1.18. The Bertz CT molecular complexity index is 3100. The van der Waals surface area contributed by atoms with E-state index in [9.17, 15) is 0 Å². The van der Waals surface area contributed by atoms with Gasteiger partial charge in [-0.15, -0.1) is 0 Å². The lowest BCUT2D eigenvalue weighted by Crippen LogP contribution is -1.97. The van der Waals surface area contributed by atoms with E-state index in [2.05, 4.69) is 206 Å². The molecule has 2 nitrogen and oxygen atoms in total. The molecule has 0 unspecified atom stereocenters. The van der Waals surface area contributed by atoms with Crippen molar-refractivity contribution < 1.29 is 0 Å². The van der Waals surface area contributed by atoms with E-state index in [0.717, 1.165) is 50.3 Å². The third kappa shape index (κ3) is 5.91. The Balaban J connectivity index is 0.929. The van der Waals surface area contributed by atoms with Gasteiger partial charge in [0.1, 0.15) is 0 Å². The SMILES string of the molecule is c1ccc(-c2cccc(-c3nc(-c4ccccc4)cc(-c4ccccc4-c4ccc(-c5ccc(-c6ccc7c8c(cccc68)-c6ccccc6-7)cc5)cc4)n3)c2)cc1. The largest absolute Gasteiger partial charge is 0.228 e. The first-order chi connectivity index (χ1) is 28.7. The molecule has 0 atom stereocenters. The number of nitrogens with zero attached hydrogens (tertiary/aromatic N) is 2. The molecule has 0 amide bonds. The summed E-state index contributed by atoms with van der Waals surface area (Å²) in [6, 6.07) is 78.0. The normalized spacial score (nSPS) is 11.4. The molecular weight excluding hydrogens is 701 g/mol. The summed E-state index contributed by atoms with van der Waals surface area (Å²) >= 11 is 0. The first-order valence-electron chi connectivity index (χ1n) is 19.8. The molecule has 1 aromatic heterocycles. The van der Waals surface area contributed by atoms with Crippen molar-refractivity contribution in [3.8, 4) is 101 Å². The van der Waals surface area contributed by atoms with Crippen LogP contribution in [0.2, 0.25) is 0 Å². The van der Waals surface area contributed by atoms with Crippen molar-refractivity contribution in [2.45, 2.75) is 0 Å². The van der Waals surface area contributed by atoms with Gasteiger partial charge in [0.15, 0.2) is 5.82 Å². The van der Waals surface area contributed by atoms with Crippen LogP contribution in [0.5, 0.6) is 0 Å². The summed E-state index contributed by atoms with van der Waals surface area (Å²) in [4.78, 5) is 10.4. The summed E-state index contributed by atoms with van der Waals surface area (Å²) in [6.07, 6.45) is 0. The van der Waals surface area contributed by atoms with E-state index in [1.807, 2.05) is 12.1 Å². The Hall–Kier alpha value is -7.68. The fraction of sp³-hybridized carbons (Fsp3) is 0. The van der Waals surface area contributed by atoms with E-state index in [1.165, 1.54) is 55.3 Å². The van der Waals surface area contributed by atoms with E-state index in [-0.39, 0.29) is 0 Å². The van der Waals surface area contributed by atoms with E-state index in [0.29, 0.717) is 5.82 Å². The summed E-state index contributed by atoms with van der Waals surface area (Å²) in [7, 11) is 0. The van der Waals surface area contributed by atoms with Crippen LogP contribution < -0.4 is 0 Å². The van der Waals surface area contributed by atoms with Crippen LogP contribution >= 0.6 is 0 Å². The van der Waals surface area contributed by atoms with Gasteiger partial charge in [-0.25, -0.2) is 9.97 Å². The van der Waals surface area contributed by atoms with Crippen LogP contribution in [0.3, 0.4) is 0 Å². The Morgan fingerprint density at radius 3 is 1.36 bits per heavy atom. The fourth-order valence-corrected chi connectivity index (χ4v) is 8.64. The van der Waals surface area contributed by atoms with Gasteiger partial charge in [0, 0.05) is 16.7 Å². The second-order valence-electron chi connectivity index (χ2n) is 14.9. The molecule has 0 radical (unpaired) electrons. The molecular formula is C56H36N2. The first-order valence-corrected chi connectivity index (χ1v) is 19.8. The molecule has 0 spiro atoms. The van der Waals surface area contributed by atoms with Crippen molar-refractivity contribution >= 4 is 10.8 Å². The zero-order chi connectivity index (χ0) is 38.4. The standard InChI is InChI=1S/C56H36N2/c1-3-13-37(14-4-1)43-17-11-18-44(35-43)56-57-53(42-15-5-2-6-16-42)36-54(58-56)49-22-10-7-19-45(49)40-29-25-38(26-30-40)39-27-31-41(32-28-39)46-33-34-52-48-21-9-8-20-47(48)51-24-12-23-50(46)55(51)52/h1-36H. The Morgan fingerprint density at radius 1 is 0.224 bits per heavy atom. The maximum atomic E-state index is 5.25. The molecule has 11 rings (SSSR count). The topological polar surface area (TPSA) is 25.8 Å². The molecule has 0 fully saturated rings. The quantitative estimate of drug-likeness (QED) is 0.163. The molecule has 58 heavy (non-hydrogen) atoms. The molecule has 0 saturated heterocycles. The van der Waals surface area contributed by atoms with Gasteiger partial charge < -0.3 is 0 Å². The first kappa shape index (κ1) is 33.6. The minimum atomic E-state index is 0.699. The highest BCUT2D eigenvalue weighted by atomic mass is 14.9. The molecule has 0 aliphatic heterocycles. The summed E-state index contributed by atoms with van der Waals surface area (Å²) < 4.78 is 0. The predicted octanol–water partition coefficient (Wildman–Crippen LogP) is 14.9. The van der Waals surface area contributed by atoms with Crippen LogP contribution in [-0.4, -0.2) is 9.97 Å². The van der Waals surface area contributed by atoms with Gasteiger partial charge in [0.25, 0.3) is 0 Å². The summed E-state index contributed by atoms with van der Waals surface area (Å²) in [6.45, 7) is 0. The lowest BCUT2D eigenvalue weighted by Gasteiger charge is -2.14. The highest BCUT2D eigenvalue weighted by molar-refractivity contribution is 6.18. The van der Waals surface area contributed by atoms with E-state index in [4.69, 9.17) is 9.97 Å². The van der Waals surface area contributed by atoms with Crippen molar-refractivity contribution in [3.05, 3.63) is 218 Å². The zero-order valence-corrected chi connectivity index (χ0v) is 31.7. The Morgan fingerprint density at radius 2 is 0.672 bits per heavy atom. The molecule has 0 saturated carbocycles. The summed E-state index contributed by atoms with van der Waals surface area (Å²) in [5.74, 6) is 0.699. The second kappa shape index (κ2) is 14.1. The van der Waals surface area contributed by atoms with Gasteiger partial charge in [-0.2, -0.15) is 0 Å². The van der Waals surface area contributed by atoms with Gasteiger partial charge in [0.05, 0.1) is 11.4 Å². The van der Waals surface area contributed by atoms with E-state index < -0.39 is 0 Å². The monoisotopic (exact) mass is 736 g/mol.